The van der Waals surface area contributed by atoms with Crippen LogP contribution < -0.4 is 45.2 Å². The number of nitrogens with two attached hydrogens (primary N) is 4. The topological polar surface area (TPSA) is 481 Å². The molecule has 0 amide bonds. The van der Waals surface area contributed by atoms with E-state index in [9.17, 15) is 28.0 Å². The van der Waals surface area contributed by atoms with E-state index in [0.717, 1.165) is 82.4 Å². The van der Waals surface area contributed by atoms with Gasteiger partial charge in [0, 0.05) is 75.2 Å². The molecule has 8 aromatic carbocycles. The maximum Gasteiger partial charge on any atom is 0.266 e. The van der Waals surface area contributed by atoms with Crippen molar-refractivity contribution in [1.29, 1.82) is 0 Å². The van der Waals surface area contributed by atoms with Crippen molar-refractivity contribution in [2.45, 2.75) is 66.7 Å². The van der Waals surface area contributed by atoms with Crippen molar-refractivity contribution in [3.63, 3.8) is 0 Å². The van der Waals surface area contributed by atoms with Gasteiger partial charge in [-0.2, -0.15) is 40.8 Å². The number of pyridine rings is 4. The number of halogens is 3. The molecular weight excluding hydrogens is 1810 g/mol. The van der Waals surface area contributed by atoms with Crippen LogP contribution in [0.4, 0.5) is 32.1 Å². The number of aromatic nitrogens is 28. The normalized spacial score (nSPS) is 11.5. The average molecular weight is 1890 g/mol. The molecule has 16 heterocycles. The number of anilines is 4. The maximum absolute atomic E-state index is 14.8. The van der Waals surface area contributed by atoms with Gasteiger partial charge in [0.05, 0.1) is 116 Å². The second-order valence-electron chi connectivity index (χ2n) is 33.7. The lowest BCUT2D eigenvalue weighted by Crippen LogP contribution is -2.25. The van der Waals surface area contributed by atoms with Gasteiger partial charge in [-0.05, 0) is 143 Å². The molecule has 694 valence electrons. The second kappa shape index (κ2) is 36.7. The fourth-order valence-electron chi connectivity index (χ4n) is 18.2. The molecule has 16 aromatic heterocycles. The van der Waals surface area contributed by atoms with E-state index in [2.05, 4.69) is 112 Å². The Morgan fingerprint density at radius 3 is 1.06 bits per heavy atom. The third-order valence-electron chi connectivity index (χ3n) is 24.6. The summed E-state index contributed by atoms with van der Waals surface area (Å²) in [4.78, 5) is 89.5. The molecule has 12 N–H and O–H groups in total. The molecule has 24 rings (SSSR count). The first kappa shape index (κ1) is 88.6. The van der Waals surface area contributed by atoms with Crippen molar-refractivity contribution in [1.82, 2.24) is 138 Å². The predicted molar refractivity (Wildman–Crippen MR) is 537 cm³/mol. The zero-order chi connectivity index (χ0) is 97.1. The molecule has 0 fully saturated rings. The molecule has 0 aliphatic rings. The number of hydrogen-bond donors (Lipinski definition) is 8. The van der Waals surface area contributed by atoms with Crippen LogP contribution in [-0.4, -0.2) is 138 Å². The smallest absolute Gasteiger partial charge is 0.266 e. The minimum absolute atomic E-state index is 0.00156. The molecule has 24 aromatic rings. The minimum Gasteiger partial charge on any atom is -0.383 e. The predicted octanol–water partition coefficient (Wildman–Crippen LogP) is 15.6. The molecule has 0 bridgehead atoms. The Bertz CT molecular complexity index is 9000. The molecule has 0 saturated heterocycles. The van der Waals surface area contributed by atoms with Crippen molar-refractivity contribution in [2.24, 2.45) is 0 Å². The molecule has 36 nitrogen and oxygen atoms in total. The minimum atomic E-state index is -0.684. The first-order valence-corrected chi connectivity index (χ1v) is 44.7. The highest BCUT2D eigenvalue weighted by Gasteiger charge is 2.29. The SMILES string of the molecule is Cc1cccc2cc(Cn3nc(-c4cn[nH]c4)c4c(N)ncnc43)n(-c3ccccc3C(C)C)c(=O)c12.Cc1cccc2cc(Cn3nc(-c4cn[nH]c4)c4c(N)ncnc43)n(-c3ccccc3Cl)c(=O)c12.Cc1ccccc1-n1c(Cn2nc(-c3cn[nH]c3)c3c(N)ncnc32)cc2ccccc2c1=O.Nc1ncnc2c1c(-c1cn[nH]c1)nn2Cc1cc2cccc(F)c2c(=O)n1-c1ccccc1F. The zero-order valence-corrected chi connectivity index (χ0v) is 76.5. The van der Waals surface area contributed by atoms with E-state index in [1.165, 1.54) is 55.6 Å². The van der Waals surface area contributed by atoms with Crippen LogP contribution >= 0.6 is 11.6 Å². The number of benzene rings is 8. The number of hydrogen-bond acceptors (Lipinski definition) is 24. The molecule has 141 heavy (non-hydrogen) atoms. The quantitative estimate of drug-likeness (QED) is 0.0420. The van der Waals surface area contributed by atoms with Gasteiger partial charge in [0.15, 0.2) is 22.6 Å². The number of nitrogens with one attached hydrogen (secondary N) is 4. The van der Waals surface area contributed by atoms with Gasteiger partial charge >= 0.3 is 0 Å². The van der Waals surface area contributed by atoms with Gasteiger partial charge in [-0.3, -0.25) is 57.8 Å². The Hall–Kier alpha value is -19.0. The number of nitrogens with zero attached hydrogens (tertiary/aromatic N) is 24. The van der Waals surface area contributed by atoms with Crippen LogP contribution in [0.25, 0.3) is 155 Å². The summed E-state index contributed by atoms with van der Waals surface area (Å²) in [5.74, 6) is 0.138. The van der Waals surface area contributed by atoms with E-state index < -0.39 is 17.2 Å². The van der Waals surface area contributed by atoms with E-state index in [0.29, 0.717) is 147 Å². The number of aromatic amines is 4. The van der Waals surface area contributed by atoms with Crippen LogP contribution in [0.15, 0.2) is 294 Å². The van der Waals surface area contributed by atoms with Crippen molar-refractivity contribution in [2.75, 3.05) is 22.9 Å². The van der Waals surface area contributed by atoms with E-state index >= 15 is 0 Å². The number of fused-ring (bicyclic) bond motifs is 8. The summed E-state index contributed by atoms with van der Waals surface area (Å²) in [5.41, 5.74) is 40.2. The summed E-state index contributed by atoms with van der Waals surface area (Å²) in [5, 5.41) is 54.2. The number of H-pyrrole nitrogens is 4. The van der Waals surface area contributed by atoms with Gasteiger partial charge in [0.25, 0.3) is 22.2 Å². The summed E-state index contributed by atoms with van der Waals surface area (Å²) < 4.78 is 42.7. The average Bonchev–Trinajstić information content (AvgIpc) is 1.74. The number of nitrogen functional groups attached to an aromatic ring is 4. The largest absolute Gasteiger partial charge is 0.383 e. The molecule has 0 aliphatic heterocycles. The summed E-state index contributed by atoms with van der Waals surface area (Å²) in [6, 6.07) is 60.4. The fourth-order valence-corrected chi connectivity index (χ4v) is 18.4. The molecule has 0 unspecified atom stereocenters. The van der Waals surface area contributed by atoms with Crippen molar-refractivity contribution in [3.8, 4) is 67.8 Å². The Morgan fingerprint density at radius 2 is 0.645 bits per heavy atom. The van der Waals surface area contributed by atoms with Crippen LogP contribution in [0.5, 0.6) is 0 Å². The lowest BCUT2D eigenvalue weighted by molar-refractivity contribution is 0.604. The molecule has 39 heteroatoms. The van der Waals surface area contributed by atoms with Gasteiger partial charge in [-0.1, -0.05) is 153 Å². The van der Waals surface area contributed by atoms with Gasteiger partial charge in [0.1, 0.15) is 83.0 Å². The maximum atomic E-state index is 14.8. The molecular formula is C102H81ClF2N32O4. The van der Waals surface area contributed by atoms with Gasteiger partial charge in [-0.25, -0.2) is 67.4 Å². The summed E-state index contributed by atoms with van der Waals surface area (Å²) >= 11 is 6.55. The summed E-state index contributed by atoms with van der Waals surface area (Å²) in [6.07, 6.45) is 19.1. The Balaban J connectivity index is 0.000000111. The van der Waals surface area contributed by atoms with Crippen LogP contribution in [0, 0.1) is 32.4 Å². The third-order valence-corrected chi connectivity index (χ3v) is 25.0. The number of rotatable bonds is 17. The van der Waals surface area contributed by atoms with Crippen molar-refractivity contribution in [3.05, 3.63) is 378 Å². The number of aryl methyl sites for hydroxylation is 3. The molecule has 0 radical (unpaired) electrons. The van der Waals surface area contributed by atoms with E-state index in [4.69, 9.17) is 49.8 Å². The highest BCUT2D eigenvalue weighted by molar-refractivity contribution is 6.32. The standard InChI is InChI=1S/C28H26N8O.C25H19ClN8O.C25H20N8O.C24H16F2N8O/c1-16(2)21-9-4-5-10-22(21)36-20(11-18-8-6-7-17(3)23(18)28(36)37)14-35-27-24(26(29)30-15-31-27)25(34-35)19-12-32-33-13-19;1-14-5-4-6-15-9-17(34(25(35)20(14)15)19-8-3-2-7-18(19)26)12-33-24-21(23(27)28-13-29-24)22(32-33)16-10-30-31-11-16;1-15-6-2-5-9-20(15)33-18(10-16-7-3-4-8-19(16)25(33)34)13-32-24-21(23(26)27-14-28-24)22(31-32)17-11-29-30-12-17;25-16-5-1-2-7-18(16)34-15(8-13-4-3-6-17(26)19(13)24(34)35)11-33-23-20(22(27)28-12-29-23)21(32-33)14-9-30-31-10-14/h4-13,15-16H,14H2,1-3H3,(H,32,33)(H2,29,30,31);2-11,13H,12H2,1H3,(H,30,31)(H2,27,28,29);2-12,14H,13H2,1H3,(H,29,30)(H2,26,27,28);1-10,12H,11H2,(H,30,31)(H2,27,28,29). The van der Waals surface area contributed by atoms with Gasteiger partial charge in [-0.15, -0.1) is 0 Å². The fraction of sp³-hybridized carbons (Fsp3) is 0.0980. The first-order valence-electron chi connectivity index (χ1n) is 44.4. The monoisotopic (exact) mass is 1890 g/mol. The highest BCUT2D eigenvalue weighted by Crippen LogP contribution is 2.38. The summed E-state index contributed by atoms with van der Waals surface area (Å²) in [7, 11) is 0. The Kier molecular flexibility index (Phi) is 23.0. The van der Waals surface area contributed by atoms with E-state index in [1.807, 2.05) is 159 Å². The Morgan fingerprint density at radius 1 is 0.326 bits per heavy atom. The lowest BCUT2D eigenvalue weighted by Gasteiger charge is -2.20. The van der Waals surface area contributed by atoms with E-state index in [-0.39, 0.29) is 52.6 Å². The van der Waals surface area contributed by atoms with Crippen LogP contribution in [-0.2, 0) is 26.2 Å². The molecule has 0 spiro atoms. The number of para-hydroxylation sites is 4. The lowest BCUT2D eigenvalue weighted by atomic mass is 10.00. The Labute approximate surface area is 800 Å². The highest BCUT2D eigenvalue weighted by atomic mass is 35.5. The van der Waals surface area contributed by atoms with Crippen LogP contribution in [0.1, 0.15) is 64.8 Å². The van der Waals surface area contributed by atoms with Crippen molar-refractivity contribution >= 4 is 122 Å². The van der Waals surface area contributed by atoms with Crippen LogP contribution in [0.3, 0.4) is 0 Å². The molecule has 0 saturated carbocycles. The van der Waals surface area contributed by atoms with Crippen molar-refractivity contribution < 1.29 is 8.78 Å². The van der Waals surface area contributed by atoms with E-state index in [1.54, 1.807) is 102 Å². The molecule has 0 atom stereocenters. The zero-order valence-electron chi connectivity index (χ0n) is 75.7. The first-order chi connectivity index (χ1) is 68.6. The van der Waals surface area contributed by atoms with Gasteiger partial charge in [0.2, 0.25) is 0 Å². The third kappa shape index (κ3) is 16.1. The summed E-state index contributed by atoms with van der Waals surface area (Å²) in [6.45, 7) is 11.0. The second-order valence-corrected chi connectivity index (χ2v) is 34.1. The van der Waals surface area contributed by atoms with Gasteiger partial charge < -0.3 is 22.9 Å². The van der Waals surface area contributed by atoms with Crippen LogP contribution in [0.2, 0.25) is 5.02 Å². The molecule has 0 aliphatic carbocycles.